The fourth-order valence-electron chi connectivity index (χ4n) is 3.12. The van der Waals surface area contributed by atoms with E-state index in [0.717, 1.165) is 38.0 Å². The summed E-state index contributed by atoms with van der Waals surface area (Å²) >= 11 is 0. The van der Waals surface area contributed by atoms with E-state index in [1.165, 1.54) is 17.5 Å². The van der Waals surface area contributed by atoms with Crippen LogP contribution >= 0.6 is 0 Å². The van der Waals surface area contributed by atoms with Crippen molar-refractivity contribution < 1.29 is 4.79 Å². The van der Waals surface area contributed by atoms with Gasteiger partial charge in [-0.05, 0) is 69.5 Å². The minimum atomic E-state index is 0.0459. The van der Waals surface area contributed by atoms with E-state index in [0.29, 0.717) is 0 Å². The average molecular weight is 274 g/mol. The van der Waals surface area contributed by atoms with Crippen LogP contribution in [-0.4, -0.2) is 29.9 Å². The maximum Gasteiger partial charge on any atom is 0.241 e. The Kier molecular flexibility index (Phi) is 5.18. The van der Waals surface area contributed by atoms with Crippen LogP contribution in [0.25, 0.3) is 0 Å². The molecule has 1 amide bonds. The molecule has 1 unspecified atom stereocenters. The third-order valence-corrected chi connectivity index (χ3v) is 3.92. The van der Waals surface area contributed by atoms with Crippen molar-refractivity contribution in [2.75, 3.05) is 18.4 Å². The van der Waals surface area contributed by atoms with Crippen LogP contribution in [0.1, 0.15) is 43.7 Å². The molecule has 0 saturated carbocycles. The van der Waals surface area contributed by atoms with Crippen LogP contribution in [0.3, 0.4) is 0 Å². The molecule has 1 N–H and O–H groups in total. The molecule has 1 aromatic carbocycles. The molecule has 110 valence electrons. The second-order valence-electron chi connectivity index (χ2n) is 5.91. The van der Waals surface area contributed by atoms with Crippen molar-refractivity contribution in [2.45, 2.75) is 52.5 Å². The summed E-state index contributed by atoms with van der Waals surface area (Å²) in [5, 5.41) is 3.10. The Hall–Kier alpha value is -1.35. The van der Waals surface area contributed by atoms with Crippen molar-refractivity contribution in [2.24, 2.45) is 0 Å². The van der Waals surface area contributed by atoms with Gasteiger partial charge in [0.15, 0.2) is 0 Å². The molecule has 2 rings (SSSR count). The maximum atomic E-state index is 12.5. The molecule has 1 saturated heterocycles. The molecular weight excluding hydrogens is 248 g/mol. The molecule has 1 aliphatic rings. The Balaban J connectivity index is 2.05. The first-order valence-electron chi connectivity index (χ1n) is 7.73. The molecule has 1 atom stereocenters. The van der Waals surface area contributed by atoms with Gasteiger partial charge in [-0.2, -0.15) is 0 Å². The average Bonchev–Trinajstić information content (AvgIpc) is 2.38. The van der Waals surface area contributed by atoms with Gasteiger partial charge in [-0.1, -0.05) is 19.4 Å². The lowest BCUT2D eigenvalue weighted by molar-refractivity contribution is -0.122. The predicted octanol–water partition coefficient (Wildman–Crippen LogP) is 3.51. The highest BCUT2D eigenvalue weighted by atomic mass is 16.2. The van der Waals surface area contributed by atoms with Crippen LogP contribution < -0.4 is 5.32 Å². The van der Waals surface area contributed by atoms with Crippen molar-refractivity contribution in [3.05, 3.63) is 29.3 Å². The zero-order chi connectivity index (χ0) is 14.5. The second-order valence-corrected chi connectivity index (χ2v) is 5.91. The Labute approximate surface area is 122 Å². The van der Waals surface area contributed by atoms with E-state index in [-0.39, 0.29) is 11.9 Å². The van der Waals surface area contributed by atoms with Gasteiger partial charge in [0.25, 0.3) is 0 Å². The third-order valence-electron chi connectivity index (χ3n) is 3.92. The molecule has 0 bridgehead atoms. The van der Waals surface area contributed by atoms with E-state index in [2.05, 4.69) is 37.1 Å². The summed E-state index contributed by atoms with van der Waals surface area (Å²) in [6.45, 7) is 8.37. The standard InChI is InChI=1S/C17H26N2O/c1-4-8-19-9-6-5-7-16(19)17(20)18-15-11-13(2)10-14(3)12-15/h10-12,16H,4-9H2,1-3H3,(H,18,20). The number of likely N-dealkylation sites (tertiary alicyclic amines) is 1. The van der Waals surface area contributed by atoms with E-state index < -0.39 is 0 Å². The Morgan fingerprint density at radius 1 is 1.25 bits per heavy atom. The number of amides is 1. The summed E-state index contributed by atoms with van der Waals surface area (Å²) in [5.74, 6) is 0.156. The van der Waals surface area contributed by atoms with Gasteiger partial charge in [-0.25, -0.2) is 0 Å². The van der Waals surface area contributed by atoms with E-state index in [1.807, 2.05) is 12.1 Å². The number of aryl methyl sites for hydroxylation is 2. The van der Waals surface area contributed by atoms with Crippen molar-refractivity contribution in [1.82, 2.24) is 4.90 Å². The first kappa shape index (κ1) is 15.0. The highest BCUT2D eigenvalue weighted by Crippen LogP contribution is 2.20. The summed E-state index contributed by atoms with van der Waals surface area (Å²) in [6.07, 6.45) is 4.46. The molecule has 20 heavy (non-hydrogen) atoms. The summed E-state index contributed by atoms with van der Waals surface area (Å²) in [7, 11) is 0. The van der Waals surface area contributed by atoms with E-state index in [1.54, 1.807) is 0 Å². The molecule has 3 nitrogen and oxygen atoms in total. The number of nitrogens with one attached hydrogen (secondary N) is 1. The Bertz CT molecular complexity index is 448. The van der Waals surface area contributed by atoms with E-state index in [9.17, 15) is 4.79 Å². The SMILES string of the molecule is CCCN1CCCCC1C(=O)Nc1cc(C)cc(C)c1. The summed E-state index contributed by atoms with van der Waals surface area (Å²) in [6, 6.07) is 6.25. The van der Waals surface area contributed by atoms with Crippen molar-refractivity contribution in [1.29, 1.82) is 0 Å². The fourth-order valence-corrected chi connectivity index (χ4v) is 3.12. The second kappa shape index (κ2) is 6.89. The van der Waals surface area contributed by atoms with Gasteiger partial charge >= 0.3 is 0 Å². The maximum absolute atomic E-state index is 12.5. The van der Waals surface area contributed by atoms with Gasteiger partial charge in [0.1, 0.15) is 0 Å². The number of nitrogens with zero attached hydrogens (tertiary/aromatic N) is 1. The number of rotatable bonds is 4. The highest BCUT2D eigenvalue weighted by Gasteiger charge is 2.27. The zero-order valence-electron chi connectivity index (χ0n) is 12.9. The molecule has 1 fully saturated rings. The Morgan fingerprint density at radius 3 is 2.60 bits per heavy atom. The molecule has 0 aliphatic carbocycles. The van der Waals surface area contributed by atoms with Gasteiger partial charge in [0.2, 0.25) is 5.91 Å². The van der Waals surface area contributed by atoms with E-state index >= 15 is 0 Å². The molecule has 0 aromatic heterocycles. The minimum Gasteiger partial charge on any atom is -0.325 e. The predicted molar refractivity (Wildman–Crippen MR) is 84.0 cm³/mol. The van der Waals surface area contributed by atoms with Crippen molar-refractivity contribution in [3.63, 3.8) is 0 Å². The number of carbonyl (C=O) groups is 1. The lowest BCUT2D eigenvalue weighted by Gasteiger charge is -2.34. The molecule has 1 aromatic rings. The number of hydrogen-bond acceptors (Lipinski definition) is 2. The molecule has 1 aliphatic heterocycles. The van der Waals surface area contributed by atoms with Crippen molar-refractivity contribution >= 4 is 11.6 Å². The van der Waals surface area contributed by atoms with E-state index in [4.69, 9.17) is 0 Å². The van der Waals surface area contributed by atoms with Crippen molar-refractivity contribution in [3.8, 4) is 0 Å². The molecule has 3 heteroatoms. The Morgan fingerprint density at radius 2 is 1.95 bits per heavy atom. The van der Waals surface area contributed by atoms with Crippen LogP contribution in [-0.2, 0) is 4.79 Å². The van der Waals surface area contributed by atoms with Gasteiger partial charge in [0, 0.05) is 5.69 Å². The summed E-state index contributed by atoms with van der Waals surface area (Å²) in [5.41, 5.74) is 3.30. The molecule has 0 radical (unpaired) electrons. The fraction of sp³-hybridized carbons (Fsp3) is 0.588. The third kappa shape index (κ3) is 3.83. The van der Waals surface area contributed by atoms with Gasteiger partial charge in [-0.15, -0.1) is 0 Å². The first-order valence-corrected chi connectivity index (χ1v) is 7.73. The summed E-state index contributed by atoms with van der Waals surface area (Å²) < 4.78 is 0. The quantitative estimate of drug-likeness (QED) is 0.911. The zero-order valence-corrected chi connectivity index (χ0v) is 12.9. The van der Waals surface area contributed by atoms with Gasteiger partial charge < -0.3 is 5.32 Å². The molecule has 1 heterocycles. The van der Waals surface area contributed by atoms with Gasteiger partial charge in [-0.3, -0.25) is 9.69 Å². The highest BCUT2D eigenvalue weighted by molar-refractivity contribution is 5.95. The first-order chi connectivity index (χ1) is 9.60. The largest absolute Gasteiger partial charge is 0.325 e. The van der Waals surface area contributed by atoms with Crippen LogP contribution in [0.4, 0.5) is 5.69 Å². The summed E-state index contributed by atoms with van der Waals surface area (Å²) in [4.78, 5) is 14.9. The van der Waals surface area contributed by atoms with Crippen LogP contribution in [0, 0.1) is 13.8 Å². The minimum absolute atomic E-state index is 0.0459. The number of piperidine rings is 1. The number of anilines is 1. The number of hydrogen-bond donors (Lipinski definition) is 1. The molecular formula is C17H26N2O. The monoisotopic (exact) mass is 274 g/mol. The smallest absolute Gasteiger partial charge is 0.241 e. The van der Waals surface area contributed by atoms with Gasteiger partial charge in [0.05, 0.1) is 6.04 Å². The van der Waals surface area contributed by atoms with Crippen LogP contribution in [0.2, 0.25) is 0 Å². The van der Waals surface area contributed by atoms with Crippen LogP contribution in [0.15, 0.2) is 18.2 Å². The number of carbonyl (C=O) groups excluding carboxylic acids is 1. The topological polar surface area (TPSA) is 32.3 Å². The lowest BCUT2D eigenvalue weighted by atomic mass is 10.0. The lowest BCUT2D eigenvalue weighted by Crippen LogP contribution is -2.47. The number of benzene rings is 1. The normalized spacial score (nSPS) is 19.9. The van der Waals surface area contributed by atoms with Crippen LogP contribution in [0.5, 0.6) is 0 Å². The molecule has 0 spiro atoms.